The molecule has 0 saturated carbocycles. The highest BCUT2D eigenvalue weighted by Gasteiger charge is 1.86. The Morgan fingerprint density at radius 3 is 1.91 bits per heavy atom. The quantitative estimate of drug-likeness (QED) is 0.568. The Morgan fingerprint density at radius 1 is 1.45 bits per heavy atom. The highest BCUT2D eigenvalue weighted by atomic mass is 16.1. The van der Waals surface area contributed by atoms with Gasteiger partial charge in [-0.3, -0.25) is 4.79 Å². The summed E-state index contributed by atoms with van der Waals surface area (Å²) in [5.74, 6) is -0.435. The number of nitrogens with two attached hydrogens (primary N) is 1. The second kappa shape index (κ2) is 5.47. The molecule has 1 aliphatic carbocycles. The van der Waals surface area contributed by atoms with Crippen molar-refractivity contribution in [2.45, 2.75) is 13.3 Å². The third-order valence-corrected chi connectivity index (χ3v) is 1.08. The lowest BCUT2D eigenvalue weighted by Gasteiger charge is -1.81. The van der Waals surface area contributed by atoms with E-state index in [-0.39, 0.29) is 0 Å². The van der Waals surface area contributed by atoms with E-state index < -0.39 is 5.91 Å². The smallest absolute Gasteiger partial charge is 0.243 e. The molecule has 0 spiro atoms. The topological polar surface area (TPSA) is 43.1 Å². The van der Waals surface area contributed by atoms with Crippen LogP contribution >= 0.6 is 0 Å². The van der Waals surface area contributed by atoms with E-state index in [9.17, 15) is 4.79 Å². The van der Waals surface area contributed by atoms with Gasteiger partial charge in [0.2, 0.25) is 5.91 Å². The molecule has 2 nitrogen and oxygen atoms in total. The van der Waals surface area contributed by atoms with Gasteiger partial charge in [-0.25, -0.2) is 0 Å². The Bertz CT molecular complexity index is 180. The lowest BCUT2D eigenvalue weighted by atomic mass is 10.3. The molecule has 1 aliphatic rings. The van der Waals surface area contributed by atoms with Crippen LogP contribution in [0.25, 0.3) is 0 Å². The van der Waals surface area contributed by atoms with Crippen LogP contribution in [0.1, 0.15) is 13.3 Å². The molecule has 0 bridgehead atoms. The van der Waals surface area contributed by atoms with E-state index in [0.29, 0.717) is 5.57 Å². The first-order valence-corrected chi connectivity index (χ1v) is 3.41. The number of hydrogen-bond donors (Lipinski definition) is 1. The molecule has 0 fully saturated rings. The summed E-state index contributed by atoms with van der Waals surface area (Å²) < 4.78 is 0. The predicted molar refractivity (Wildman–Crippen MR) is 46.9 cm³/mol. The number of allylic oxidation sites excluding steroid dienone is 4. The molecule has 0 aromatic heterocycles. The maximum absolute atomic E-state index is 9.82. The summed E-state index contributed by atoms with van der Waals surface area (Å²) in [6, 6.07) is 0. The fraction of sp³-hybridized carbons (Fsp3) is 0.222. The van der Waals surface area contributed by atoms with Crippen LogP contribution in [0.5, 0.6) is 0 Å². The van der Waals surface area contributed by atoms with Gasteiger partial charge in [-0.1, -0.05) is 30.9 Å². The third kappa shape index (κ3) is 6.58. The third-order valence-electron chi connectivity index (χ3n) is 1.08. The Balaban J connectivity index is 0.000000183. The summed E-state index contributed by atoms with van der Waals surface area (Å²) in [5.41, 5.74) is 5.09. The molecule has 0 saturated heterocycles. The molecule has 0 unspecified atom stereocenters. The van der Waals surface area contributed by atoms with Crippen molar-refractivity contribution in [3.63, 3.8) is 0 Å². The van der Waals surface area contributed by atoms with Gasteiger partial charge in [0.15, 0.2) is 0 Å². The normalized spacial score (nSPS) is 12.1. The van der Waals surface area contributed by atoms with Crippen molar-refractivity contribution < 1.29 is 4.79 Å². The van der Waals surface area contributed by atoms with Gasteiger partial charge in [-0.15, -0.1) is 0 Å². The summed E-state index contributed by atoms with van der Waals surface area (Å²) in [7, 11) is 0. The number of carbonyl (C=O) groups excluding carboxylic acids is 1. The minimum absolute atomic E-state index is 0.398. The molecule has 0 aliphatic heterocycles. The number of rotatable bonds is 1. The van der Waals surface area contributed by atoms with Gasteiger partial charge in [0.1, 0.15) is 0 Å². The maximum atomic E-state index is 9.82. The Labute approximate surface area is 67.1 Å². The van der Waals surface area contributed by atoms with Crippen molar-refractivity contribution in [2.24, 2.45) is 5.73 Å². The molecule has 0 atom stereocenters. The molecule has 1 amide bonds. The van der Waals surface area contributed by atoms with E-state index >= 15 is 0 Å². The summed E-state index contributed by atoms with van der Waals surface area (Å²) >= 11 is 0. The number of hydrogen-bond acceptors (Lipinski definition) is 1. The summed E-state index contributed by atoms with van der Waals surface area (Å²) in [4.78, 5) is 9.82. The first-order chi connectivity index (χ1) is 5.14. The number of primary amides is 1. The maximum Gasteiger partial charge on any atom is 0.243 e. The summed E-state index contributed by atoms with van der Waals surface area (Å²) in [5, 5.41) is 0. The Hall–Kier alpha value is -1.31. The van der Waals surface area contributed by atoms with E-state index in [1.165, 1.54) is 0 Å². The van der Waals surface area contributed by atoms with Gasteiger partial charge in [-0.05, 0) is 13.3 Å². The lowest BCUT2D eigenvalue weighted by molar-refractivity contribution is -0.114. The van der Waals surface area contributed by atoms with E-state index in [1.807, 2.05) is 0 Å². The average Bonchev–Trinajstić information content (AvgIpc) is 2.41. The molecule has 0 radical (unpaired) electrons. The average molecular weight is 151 g/mol. The largest absolute Gasteiger partial charge is 0.366 e. The van der Waals surface area contributed by atoms with Crippen molar-refractivity contribution >= 4 is 5.91 Å². The summed E-state index contributed by atoms with van der Waals surface area (Å²) in [6.45, 7) is 4.85. The van der Waals surface area contributed by atoms with Crippen LogP contribution < -0.4 is 5.73 Å². The van der Waals surface area contributed by atoms with Crippen molar-refractivity contribution in [3.8, 4) is 0 Å². The minimum Gasteiger partial charge on any atom is -0.366 e. The monoisotopic (exact) mass is 151 g/mol. The van der Waals surface area contributed by atoms with Crippen molar-refractivity contribution in [2.75, 3.05) is 0 Å². The van der Waals surface area contributed by atoms with Gasteiger partial charge in [-0.2, -0.15) is 0 Å². The highest BCUT2D eigenvalue weighted by molar-refractivity contribution is 5.90. The first kappa shape index (κ1) is 9.69. The standard InChI is InChI=1S/C5H6.C4H7NO/c1-2-4-5-3-1;1-3(2)4(5)6/h1-4H,5H2;1H2,2H3,(H2,5,6). The van der Waals surface area contributed by atoms with Crippen LogP contribution in [0.2, 0.25) is 0 Å². The predicted octanol–water partition coefficient (Wildman–Crippen LogP) is 1.55. The van der Waals surface area contributed by atoms with Crippen LogP contribution in [-0.4, -0.2) is 5.91 Å². The van der Waals surface area contributed by atoms with Crippen LogP contribution in [0.3, 0.4) is 0 Å². The van der Waals surface area contributed by atoms with E-state index in [0.717, 1.165) is 6.42 Å². The molecule has 0 heterocycles. The van der Waals surface area contributed by atoms with Crippen molar-refractivity contribution in [1.29, 1.82) is 0 Å². The molecule has 2 heteroatoms. The molecule has 0 aromatic rings. The van der Waals surface area contributed by atoms with E-state index in [2.05, 4.69) is 30.9 Å². The highest BCUT2D eigenvalue weighted by Crippen LogP contribution is 1.93. The molecule has 0 aromatic carbocycles. The molecule has 1 rings (SSSR count). The molecule has 11 heavy (non-hydrogen) atoms. The lowest BCUT2D eigenvalue weighted by Crippen LogP contribution is -2.10. The minimum atomic E-state index is -0.435. The fourth-order valence-electron chi connectivity index (χ4n) is 0.393. The zero-order valence-electron chi connectivity index (χ0n) is 6.71. The van der Waals surface area contributed by atoms with Gasteiger partial charge < -0.3 is 5.73 Å². The van der Waals surface area contributed by atoms with Gasteiger partial charge in [0.05, 0.1) is 0 Å². The van der Waals surface area contributed by atoms with Gasteiger partial charge >= 0.3 is 0 Å². The first-order valence-electron chi connectivity index (χ1n) is 3.41. The van der Waals surface area contributed by atoms with E-state index in [4.69, 9.17) is 5.73 Å². The van der Waals surface area contributed by atoms with Crippen molar-refractivity contribution in [3.05, 3.63) is 36.5 Å². The molecule has 60 valence electrons. The van der Waals surface area contributed by atoms with Crippen molar-refractivity contribution in [1.82, 2.24) is 0 Å². The van der Waals surface area contributed by atoms with Gasteiger partial charge in [0.25, 0.3) is 0 Å². The summed E-state index contributed by atoms with van der Waals surface area (Å²) in [6.07, 6.45) is 9.50. The van der Waals surface area contributed by atoms with Crippen LogP contribution in [0.15, 0.2) is 36.5 Å². The molecule has 2 N–H and O–H groups in total. The molecular formula is C9H13NO. The fourth-order valence-corrected chi connectivity index (χ4v) is 0.393. The van der Waals surface area contributed by atoms with Crippen LogP contribution in [-0.2, 0) is 4.79 Å². The SMILES string of the molecule is C1=CCC=C1.C=C(C)C(N)=O. The van der Waals surface area contributed by atoms with E-state index in [1.54, 1.807) is 6.92 Å². The molecular weight excluding hydrogens is 138 g/mol. The Kier molecular flexibility index (Phi) is 4.82. The zero-order valence-corrected chi connectivity index (χ0v) is 6.71. The number of carbonyl (C=O) groups is 1. The van der Waals surface area contributed by atoms with Crippen LogP contribution in [0, 0.1) is 0 Å². The second-order valence-corrected chi connectivity index (χ2v) is 2.24. The second-order valence-electron chi connectivity index (χ2n) is 2.24. The van der Waals surface area contributed by atoms with Gasteiger partial charge in [0, 0.05) is 5.57 Å². The number of amides is 1. The zero-order chi connectivity index (χ0) is 8.69. The Morgan fingerprint density at radius 2 is 1.82 bits per heavy atom. The van der Waals surface area contributed by atoms with Crippen LogP contribution in [0.4, 0.5) is 0 Å².